The first-order valence-electron chi connectivity index (χ1n) is 7.50. The van der Waals surface area contributed by atoms with Crippen LogP contribution in [0.4, 0.5) is 0 Å². The van der Waals surface area contributed by atoms with Gasteiger partial charge in [-0.3, -0.25) is 14.2 Å². The van der Waals surface area contributed by atoms with Gasteiger partial charge < -0.3 is 5.32 Å². The van der Waals surface area contributed by atoms with Gasteiger partial charge >= 0.3 is 0 Å². The first-order valence-corrected chi connectivity index (χ1v) is 8.29. The van der Waals surface area contributed by atoms with Crippen molar-refractivity contribution in [3.8, 4) is 0 Å². The summed E-state index contributed by atoms with van der Waals surface area (Å²) < 4.78 is 4.44. The number of carbonyl (C=O) groups is 1. The Labute approximate surface area is 139 Å². The Morgan fingerprint density at radius 2 is 2.14 bits per heavy atom. The summed E-state index contributed by atoms with van der Waals surface area (Å²) in [5.74, 6) is -0.0331. The molecule has 2 atom stereocenters. The van der Waals surface area contributed by atoms with E-state index in [1.165, 1.54) is 0 Å². The zero-order valence-electron chi connectivity index (χ0n) is 13.4. The smallest absolute Gasteiger partial charge is 0.245 e. The van der Waals surface area contributed by atoms with Crippen molar-refractivity contribution in [3.63, 3.8) is 0 Å². The quantitative estimate of drug-likeness (QED) is 0.853. The summed E-state index contributed by atoms with van der Waals surface area (Å²) in [6.07, 6.45) is 6.18. The zero-order chi connectivity index (χ0) is 16.3. The highest BCUT2D eigenvalue weighted by Gasteiger charge is 2.22. The molecule has 0 aliphatic carbocycles. The third-order valence-corrected chi connectivity index (χ3v) is 4.12. The third-order valence-electron chi connectivity index (χ3n) is 3.71. The molecule has 0 spiro atoms. The number of nitrogens with zero attached hydrogens (tertiary/aromatic N) is 4. The number of nitrogens with one attached hydrogen (secondary N) is 1. The van der Waals surface area contributed by atoms with Crippen LogP contribution in [0, 0.1) is 6.92 Å². The maximum Gasteiger partial charge on any atom is 0.245 e. The van der Waals surface area contributed by atoms with Gasteiger partial charge in [-0.2, -0.15) is 10.2 Å². The molecule has 2 heterocycles. The minimum atomic E-state index is -0.310. The summed E-state index contributed by atoms with van der Waals surface area (Å²) in [6.45, 7) is 8.78. The molecule has 2 aromatic rings. The Bertz CT molecular complexity index is 648. The van der Waals surface area contributed by atoms with E-state index in [9.17, 15) is 4.79 Å². The van der Waals surface area contributed by atoms with Crippen molar-refractivity contribution in [1.29, 1.82) is 0 Å². The van der Waals surface area contributed by atoms with Gasteiger partial charge in [-0.1, -0.05) is 6.92 Å². The first kappa shape index (κ1) is 16.7. The summed E-state index contributed by atoms with van der Waals surface area (Å²) in [6, 6.07) is -0.392. The average Bonchev–Trinajstić information content (AvgIpc) is 3.05. The molecular weight excluding hydrogens is 346 g/mol. The van der Waals surface area contributed by atoms with Gasteiger partial charge in [0.25, 0.3) is 0 Å². The molecule has 0 saturated carbocycles. The molecule has 0 aliphatic heterocycles. The Morgan fingerprint density at radius 1 is 1.41 bits per heavy atom. The molecule has 0 aliphatic rings. The summed E-state index contributed by atoms with van der Waals surface area (Å²) >= 11 is 3.36. The summed E-state index contributed by atoms with van der Waals surface area (Å²) in [5, 5.41) is 11.7. The highest BCUT2D eigenvalue weighted by Crippen LogP contribution is 2.19. The monoisotopic (exact) mass is 367 g/mol. The van der Waals surface area contributed by atoms with Crippen molar-refractivity contribution in [2.24, 2.45) is 0 Å². The molecule has 1 amide bonds. The van der Waals surface area contributed by atoms with E-state index in [-0.39, 0.29) is 18.0 Å². The van der Waals surface area contributed by atoms with Crippen LogP contribution in [0.3, 0.4) is 0 Å². The van der Waals surface area contributed by atoms with Crippen LogP contribution >= 0.6 is 15.9 Å². The maximum atomic E-state index is 12.5. The van der Waals surface area contributed by atoms with E-state index in [0.29, 0.717) is 6.42 Å². The molecule has 0 saturated heterocycles. The molecule has 7 heteroatoms. The van der Waals surface area contributed by atoms with E-state index in [0.717, 1.165) is 22.3 Å². The summed E-state index contributed by atoms with van der Waals surface area (Å²) in [4.78, 5) is 12.5. The minimum Gasteiger partial charge on any atom is -0.348 e. The van der Waals surface area contributed by atoms with Crippen molar-refractivity contribution >= 4 is 21.8 Å². The minimum absolute atomic E-state index is 0.0331. The van der Waals surface area contributed by atoms with Crippen LogP contribution in [-0.4, -0.2) is 25.5 Å². The van der Waals surface area contributed by atoms with E-state index in [4.69, 9.17) is 0 Å². The molecule has 0 fully saturated rings. The highest BCUT2D eigenvalue weighted by molar-refractivity contribution is 9.10. The molecule has 0 aromatic carbocycles. The number of amides is 1. The lowest BCUT2D eigenvalue weighted by atomic mass is 10.1. The molecule has 6 nitrogen and oxygen atoms in total. The van der Waals surface area contributed by atoms with E-state index in [2.05, 4.69) is 31.4 Å². The number of aryl methyl sites for hydroxylation is 2. The maximum absolute atomic E-state index is 12.5. The van der Waals surface area contributed by atoms with Crippen molar-refractivity contribution in [2.45, 2.75) is 52.7 Å². The second-order valence-electron chi connectivity index (χ2n) is 5.32. The fraction of sp³-hybridized carbons (Fsp3) is 0.533. The molecule has 1 N–H and O–H groups in total. The molecular formula is C15H22BrN5O. The number of carbonyl (C=O) groups excluding carboxylic acids is 1. The molecule has 120 valence electrons. The lowest BCUT2D eigenvalue weighted by molar-refractivity contribution is -0.125. The van der Waals surface area contributed by atoms with Gasteiger partial charge in [-0.15, -0.1) is 0 Å². The Hall–Kier alpha value is -1.63. The Kier molecular flexibility index (Phi) is 5.39. The number of hydrogen-bond acceptors (Lipinski definition) is 3. The second kappa shape index (κ2) is 7.09. The van der Waals surface area contributed by atoms with E-state index < -0.39 is 0 Å². The number of halogens is 1. The van der Waals surface area contributed by atoms with Crippen molar-refractivity contribution in [1.82, 2.24) is 24.9 Å². The third kappa shape index (κ3) is 3.58. The Morgan fingerprint density at radius 3 is 2.64 bits per heavy atom. The fourth-order valence-electron chi connectivity index (χ4n) is 2.49. The van der Waals surface area contributed by atoms with Crippen LogP contribution in [0.25, 0.3) is 0 Å². The van der Waals surface area contributed by atoms with E-state index in [1.54, 1.807) is 10.9 Å². The van der Waals surface area contributed by atoms with Gasteiger partial charge in [0, 0.05) is 24.5 Å². The van der Waals surface area contributed by atoms with Crippen molar-refractivity contribution in [2.75, 3.05) is 0 Å². The lowest BCUT2D eigenvalue weighted by Crippen LogP contribution is -2.34. The van der Waals surface area contributed by atoms with Crippen molar-refractivity contribution in [3.05, 3.63) is 34.3 Å². The predicted molar refractivity (Wildman–Crippen MR) is 88.5 cm³/mol. The zero-order valence-corrected chi connectivity index (χ0v) is 15.0. The van der Waals surface area contributed by atoms with Gasteiger partial charge in [-0.25, -0.2) is 0 Å². The van der Waals surface area contributed by atoms with Gasteiger partial charge in [-0.05, 0) is 43.1 Å². The van der Waals surface area contributed by atoms with Gasteiger partial charge in [0.05, 0.1) is 22.4 Å². The lowest BCUT2D eigenvalue weighted by Gasteiger charge is -2.19. The van der Waals surface area contributed by atoms with Gasteiger partial charge in [0.15, 0.2) is 0 Å². The summed E-state index contributed by atoms with van der Waals surface area (Å²) in [5.41, 5.74) is 2.00. The van der Waals surface area contributed by atoms with Crippen LogP contribution < -0.4 is 5.32 Å². The van der Waals surface area contributed by atoms with E-state index in [1.807, 2.05) is 44.8 Å². The van der Waals surface area contributed by atoms with E-state index >= 15 is 0 Å². The molecule has 22 heavy (non-hydrogen) atoms. The van der Waals surface area contributed by atoms with Gasteiger partial charge in [0.2, 0.25) is 5.91 Å². The SMILES string of the molecule is CCC(C(=O)NC(C)c1cn(CC)nc1C)n1cc(Br)cn1. The fourth-order valence-corrected chi connectivity index (χ4v) is 2.79. The van der Waals surface area contributed by atoms with Crippen LogP contribution in [-0.2, 0) is 11.3 Å². The van der Waals surface area contributed by atoms with Crippen LogP contribution in [0.2, 0.25) is 0 Å². The molecule has 0 bridgehead atoms. The molecule has 0 radical (unpaired) electrons. The standard InChI is InChI=1S/C15H22BrN5O/c1-5-14(21-8-12(16)7-17-21)15(22)18-10(3)13-9-20(6-2)19-11(13)4/h7-10,14H,5-6H2,1-4H3,(H,18,22). The highest BCUT2D eigenvalue weighted by atomic mass is 79.9. The second-order valence-corrected chi connectivity index (χ2v) is 6.23. The summed E-state index contributed by atoms with van der Waals surface area (Å²) in [7, 11) is 0. The first-order chi connectivity index (χ1) is 10.5. The predicted octanol–water partition coefficient (Wildman–Crippen LogP) is 3.00. The van der Waals surface area contributed by atoms with Crippen LogP contribution in [0.1, 0.15) is 50.5 Å². The normalized spacial score (nSPS) is 13.9. The topological polar surface area (TPSA) is 64.7 Å². The Balaban J connectivity index is 2.10. The number of aromatic nitrogens is 4. The molecule has 2 rings (SSSR count). The number of hydrogen-bond donors (Lipinski definition) is 1. The van der Waals surface area contributed by atoms with Gasteiger partial charge in [0.1, 0.15) is 6.04 Å². The van der Waals surface area contributed by atoms with Crippen LogP contribution in [0.5, 0.6) is 0 Å². The van der Waals surface area contributed by atoms with Crippen LogP contribution in [0.15, 0.2) is 23.1 Å². The number of rotatable bonds is 6. The molecule has 2 aromatic heterocycles. The van der Waals surface area contributed by atoms with Crippen molar-refractivity contribution < 1.29 is 4.79 Å². The largest absolute Gasteiger partial charge is 0.348 e. The molecule has 2 unspecified atom stereocenters. The average molecular weight is 368 g/mol.